The highest BCUT2D eigenvalue weighted by Crippen LogP contribution is 2.42. The number of benzene rings is 6. The highest BCUT2D eigenvalue weighted by Gasteiger charge is 2.17. The second-order valence-electron chi connectivity index (χ2n) is 9.00. The molecule has 0 amide bonds. The molecule has 0 unspecified atom stereocenters. The molecule has 0 N–H and O–H groups in total. The molecule has 0 aliphatic rings. The standard InChI is InChI=1S/C31H21NO/c1-18-3-6-20(7-4-18)23-12-8-21-10-14-25-26(15-11-22-9-13-24(23)29(21)30(22)25)31-32-27-17-19(2)5-16-28(27)33-31/h3-17H,1-2H3. The Bertz CT molecular complexity index is 1820. The number of aryl methyl sites for hydroxylation is 2. The fourth-order valence-corrected chi connectivity index (χ4v) is 5.13. The second-order valence-corrected chi connectivity index (χ2v) is 9.00. The Kier molecular flexibility index (Phi) is 3.72. The number of oxazole rings is 1. The van der Waals surface area contributed by atoms with Crippen molar-refractivity contribution in [1.29, 1.82) is 0 Å². The normalized spacial score (nSPS) is 11.9. The molecule has 0 saturated heterocycles. The van der Waals surface area contributed by atoms with E-state index in [0.717, 1.165) is 16.7 Å². The van der Waals surface area contributed by atoms with Crippen molar-refractivity contribution >= 4 is 43.4 Å². The number of hydrogen-bond donors (Lipinski definition) is 0. The smallest absolute Gasteiger partial charge is 0.227 e. The molecule has 7 rings (SSSR count). The summed E-state index contributed by atoms with van der Waals surface area (Å²) in [5.41, 5.74) is 7.72. The summed E-state index contributed by atoms with van der Waals surface area (Å²) in [5.74, 6) is 0.673. The average Bonchev–Trinajstić information content (AvgIpc) is 3.26. The van der Waals surface area contributed by atoms with Crippen LogP contribution in [0.25, 0.3) is 66.0 Å². The number of rotatable bonds is 2. The Morgan fingerprint density at radius 1 is 0.576 bits per heavy atom. The minimum absolute atomic E-state index is 0.673. The average molecular weight is 424 g/mol. The van der Waals surface area contributed by atoms with Gasteiger partial charge in [-0.25, -0.2) is 4.98 Å². The molecule has 0 spiro atoms. The first-order valence-corrected chi connectivity index (χ1v) is 11.3. The molecule has 1 heterocycles. The quantitative estimate of drug-likeness (QED) is 0.260. The van der Waals surface area contributed by atoms with Gasteiger partial charge in [-0.2, -0.15) is 0 Å². The van der Waals surface area contributed by atoms with Gasteiger partial charge >= 0.3 is 0 Å². The Hall–Kier alpha value is -4.17. The molecule has 2 heteroatoms. The Morgan fingerprint density at radius 3 is 1.91 bits per heavy atom. The summed E-state index contributed by atoms with van der Waals surface area (Å²) in [6.07, 6.45) is 0. The van der Waals surface area contributed by atoms with Gasteiger partial charge in [-0.3, -0.25) is 0 Å². The first-order chi connectivity index (χ1) is 16.2. The van der Waals surface area contributed by atoms with Crippen LogP contribution in [0.2, 0.25) is 0 Å². The van der Waals surface area contributed by atoms with E-state index >= 15 is 0 Å². The van der Waals surface area contributed by atoms with Gasteiger partial charge in [-0.15, -0.1) is 0 Å². The van der Waals surface area contributed by atoms with Crippen LogP contribution in [-0.2, 0) is 0 Å². The molecule has 6 aromatic carbocycles. The van der Waals surface area contributed by atoms with E-state index in [9.17, 15) is 0 Å². The van der Waals surface area contributed by atoms with Crippen molar-refractivity contribution in [3.8, 4) is 22.6 Å². The SMILES string of the molecule is Cc1ccc(-c2ccc3ccc4c(-c5nc6cc(C)ccc6o5)ccc5ccc2c3c54)cc1. The summed E-state index contributed by atoms with van der Waals surface area (Å²) >= 11 is 0. The topological polar surface area (TPSA) is 26.0 Å². The molecular weight excluding hydrogens is 402 g/mol. The molecular formula is C31H21NO. The van der Waals surface area contributed by atoms with Crippen molar-refractivity contribution in [1.82, 2.24) is 4.98 Å². The van der Waals surface area contributed by atoms with Gasteiger partial charge in [-0.1, -0.05) is 78.4 Å². The third-order valence-corrected chi connectivity index (χ3v) is 6.80. The van der Waals surface area contributed by atoms with Gasteiger partial charge < -0.3 is 4.42 Å². The predicted octanol–water partition coefficient (Wildman–Crippen LogP) is 8.68. The lowest BCUT2D eigenvalue weighted by atomic mass is 9.88. The van der Waals surface area contributed by atoms with Crippen molar-refractivity contribution in [3.05, 3.63) is 102 Å². The van der Waals surface area contributed by atoms with E-state index in [2.05, 4.69) is 98.8 Å². The number of aromatic nitrogens is 1. The highest BCUT2D eigenvalue weighted by atomic mass is 16.3. The van der Waals surface area contributed by atoms with Crippen LogP contribution in [0.5, 0.6) is 0 Å². The summed E-state index contributed by atoms with van der Waals surface area (Å²) in [6.45, 7) is 4.21. The van der Waals surface area contributed by atoms with Crippen LogP contribution in [-0.4, -0.2) is 4.98 Å². The number of hydrogen-bond acceptors (Lipinski definition) is 2. The monoisotopic (exact) mass is 423 g/mol. The molecule has 33 heavy (non-hydrogen) atoms. The molecule has 0 aliphatic carbocycles. The lowest BCUT2D eigenvalue weighted by Crippen LogP contribution is -1.89. The van der Waals surface area contributed by atoms with E-state index in [1.807, 2.05) is 6.07 Å². The lowest BCUT2D eigenvalue weighted by molar-refractivity contribution is 0.620. The van der Waals surface area contributed by atoms with Crippen molar-refractivity contribution < 1.29 is 4.42 Å². The van der Waals surface area contributed by atoms with Gasteiger partial charge in [0.1, 0.15) is 5.52 Å². The minimum atomic E-state index is 0.673. The molecule has 0 aliphatic heterocycles. The molecule has 0 bridgehead atoms. The molecule has 2 nitrogen and oxygen atoms in total. The maximum atomic E-state index is 6.19. The van der Waals surface area contributed by atoms with Crippen LogP contribution in [0.15, 0.2) is 95.4 Å². The van der Waals surface area contributed by atoms with Gasteiger partial charge in [0.15, 0.2) is 5.58 Å². The van der Waals surface area contributed by atoms with Crippen LogP contribution in [0.4, 0.5) is 0 Å². The van der Waals surface area contributed by atoms with Crippen molar-refractivity contribution in [2.45, 2.75) is 13.8 Å². The molecule has 0 radical (unpaired) electrons. The van der Waals surface area contributed by atoms with Crippen LogP contribution in [0.3, 0.4) is 0 Å². The van der Waals surface area contributed by atoms with Gasteiger partial charge in [-0.05, 0) is 81.1 Å². The third kappa shape index (κ3) is 2.71. The lowest BCUT2D eigenvalue weighted by Gasteiger charge is -2.15. The van der Waals surface area contributed by atoms with Gasteiger partial charge in [0.2, 0.25) is 5.89 Å². The van der Waals surface area contributed by atoms with E-state index in [0.29, 0.717) is 5.89 Å². The van der Waals surface area contributed by atoms with E-state index in [1.54, 1.807) is 0 Å². The molecule has 156 valence electrons. The van der Waals surface area contributed by atoms with Crippen molar-refractivity contribution in [2.24, 2.45) is 0 Å². The van der Waals surface area contributed by atoms with E-state index in [-0.39, 0.29) is 0 Å². The molecule has 0 saturated carbocycles. The first kappa shape index (κ1) is 18.4. The first-order valence-electron chi connectivity index (χ1n) is 11.3. The van der Waals surface area contributed by atoms with Crippen molar-refractivity contribution in [2.75, 3.05) is 0 Å². The number of nitrogens with zero attached hydrogens (tertiary/aromatic N) is 1. The Labute approximate surface area is 191 Å². The molecule has 0 fully saturated rings. The van der Waals surface area contributed by atoms with Crippen LogP contribution in [0, 0.1) is 13.8 Å². The van der Waals surface area contributed by atoms with Crippen molar-refractivity contribution in [3.63, 3.8) is 0 Å². The Balaban J connectivity index is 1.54. The number of fused-ring (bicyclic) bond motifs is 1. The zero-order valence-electron chi connectivity index (χ0n) is 18.5. The fourth-order valence-electron chi connectivity index (χ4n) is 5.13. The summed E-state index contributed by atoms with van der Waals surface area (Å²) < 4.78 is 6.19. The third-order valence-electron chi connectivity index (χ3n) is 6.80. The van der Waals surface area contributed by atoms with Crippen LogP contribution >= 0.6 is 0 Å². The van der Waals surface area contributed by atoms with Crippen LogP contribution in [0.1, 0.15) is 11.1 Å². The fraction of sp³-hybridized carbons (Fsp3) is 0.0645. The van der Waals surface area contributed by atoms with E-state index in [4.69, 9.17) is 9.40 Å². The maximum Gasteiger partial charge on any atom is 0.227 e. The summed E-state index contributed by atoms with van der Waals surface area (Å²) in [6, 6.07) is 32.7. The summed E-state index contributed by atoms with van der Waals surface area (Å²) in [5, 5.41) is 7.52. The highest BCUT2D eigenvalue weighted by molar-refractivity contribution is 6.27. The summed E-state index contributed by atoms with van der Waals surface area (Å²) in [7, 11) is 0. The van der Waals surface area contributed by atoms with Gasteiger partial charge in [0.25, 0.3) is 0 Å². The van der Waals surface area contributed by atoms with Gasteiger partial charge in [0.05, 0.1) is 0 Å². The maximum absolute atomic E-state index is 6.19. The zero-order chi connectivity index (χ0) is 22.1. The van der Waals surface area contributed by atoms with E-state index < -0.39 is 0 Å². The second kappa shape index (κ2) is 6.66. The van der Waals surface area contributed by atoms with Crippen LogP contribution < -0.4 is 0 Å². The molecule has 0 atom stereocenters. The predicted molar refractivity (Wildman–Crippen MR) is 138 cm³/mol. The zero-order valence-corrected chi connectivity index (χ0v) is 18.5. The molecule has 7 aromatic rings. The summed E-state index contributed by atoms with van der Waals surface area (Å²) in [4.78, 5) is 4.83. The Morgan fingerprint density at radius 2 is 1.18 bits per heavy atom. The minimum Gasteiger partial charge on any atom is -0.436 e. The van der Waals surface area contributed by atoms with Gasteiger partial charge in [0, 0.05) is 5.56 Å². The van der Waals surface area contributed by atoms with E-state index in [1.165, 1.54) is 54.6 Å². The largest absolute Gasteiger partial charge is 0.436 e. The molecule has 1 aromatic heterocycles.